The van der Waals surface area contributed by atoms with Gasteiger partial charge in [0.15, 0.2) is 0 Å². The van der Waals surface area contributed by atoms with E-state index in [1.807, 2.05) is 5.57 Å². The Balaban J connectivity index is 1.50. The molecule has 3 saturated carbocycles. The van der Waals surface area contributed by atoms with E-state index in [2.05, 4.69) is 47.6 Å². The first kappa shape index (κ1) is 21.6. The van der Waals surface area contributed by atoms with Gasteiger partial charge in [-0.25, -0.2) is 0 Å². The highest BCUT2D eigenvalue weighted by molar-refractivity contribution is 5.79. The second kappa shape index (κ2) is 7.83. The molecule has 0 heterocycles. The Labute approximate surface area is 180 Å². The van der Waals surface area contributed by atoms with E-state index >= 15 is 0 Å². The predicted octanol–water partition coefficient (Wildman–Crippen LogP) is 7.84. The molecule has 0 aromatic heterocycles. The molecule has 0 N–H and O–H groups in total. The summed E-state index contributed by atoms with van der Waals surface area (Å²) in [5.74, 6) is 6.17. The molecule has 0 amide bonds. The van der Waals surface area contributed by atoms with E-state index in [4.69, 9.17) is 0 Å². The van der Waals surface area contributed by atoms with Gasteiger partial charge in [-0.15, -0.1) is 0 Å². The monoisotopic (exact) mass is 398 g/mol. The molecular formula is C28H46O. The van der Waals surface area contributed by atoms with Crippen LogP contribution in [0.2, 0.25) is 0 Å². The maximum atomic E-state index is 12.1. The molecule has 1 nitrogen and oxygen atoms in total. The van der Waals surface area contributed by atoms with Crippen LogP contribution in [0.4, 0.5) is 0 Å². The van der Waals surface area contributed by atoms with Gasteiger partial charge in [0.25, 0.3) is 0 Å². The number of ketones is 1. The van der Waals surface area contributed by atoms with Crippen molar-refractivity contribution in [1.82, 2.24) is 0 Å². The van der Waals surface area contributed by atoms with Crippen LogP contribution in [-0.2, 0) is 4.79 Å². The number of carbonyl (C=O) groups is 1. The third kappa shape index (κ3) is 3.57. The summed E-state index contributed by atoms with van der Waals surface area (Å²) in [6, 6.07) is 0. The molecule has 4 rings (SSSR count). The van der Waals surface area contributed by atoms with Crippen molar-refractivity contribution >= 4 is 5.78 Å². The summed E-state index contributed by atoms with van der Waals surface area (Å²) in [5.41, 5.74) is 2.77. The molecular weight excluding hydrogens is 352 g/mol. The van der Waals surface area contributed by atoms with Crippen LogP contribution in [0, 0.1) is 52.3 Å². The fourth-order valence-electron chi connectivity index (χ4n) is 8.34. The molecule has 0 spiro atoms. The fourth-order valence-corrected chi connectivity index (χ4v) is 8.34. The molecule has 4 aliphatic rings. The van der Waals surface area contributed by atoms with E-state index in [1.54, 1.807) is 0 Å². The van der Waals surface area contributed by atoms with Crippen LogP contribution < -0.4 is 0 Å². The van der Waals surface area contributed by atoms with Crippen LogP contribution in [0.5, 0.6) is 0 Å². The Morgan fingerprint density at radius 1 is 0.966 bits per heavy atom. The SMILES string of the molecule is CC(C)[C@@H](C)CC[C@@H](C)[C@@H]1CC[C@@H]2C3=CC[C@H]4CC(=O)CC[C@]4(C)[C@@H]3CC[C@@]21C. The van der Waals surface area contributed by atoms with E-state index in [9.17, 15) is 4.79 Å². The molecule has 164 valence electrons. The first-order valence-corrected chi connectivity index (χ1v) is 12.9. The first-order valence-electron chi connectivity index (χ1n) is 12.9. The smallest absolute Gasteiger partial charge is 0.133 e. The molecule has 0 unspecified atom stereocenters. The van der Waals surface area contributed by atoms with E-state index < -0.39 is 0 Å². The van der Waals surface area contributed by atoms with E-state index in [-0.39, 0.29) is 0 Å². The molecule has 0 aliphatic heterocycles. The molecule has 0 saturated heterocycles. The normalized spacial score (nSPS) is 44.0. The molecule has 0 aromatic rings. The van der Waals surface area contributed by atoms with Crippen LogP contribution in [0.25, 0.3) is 0 Å². The predicted molar refractivity (Wildman–Crippen MR) is 123 cm³/mol. The molecule has 8 atom stereocenters. The topological polar surface area (TPSA) is 17.1 Å². The van der Waals surface area contributed by atoms with Crippen LogP contribution in [0.15, 0.2) is 11.6 Å². The highest BCUT2D eigenvalue weighted by Gasteiger charge is 2.58. The van der Waals surface area contributed by atoms with Gasteiger partial charge in [-0.3, -0.25) is 4.79 Å². The number of allylic oxidation sites excluding steroid dienone is 2. The van der Waals surface area contributed by atoms with Crippen LogP contribution in [0.1, 0.15) is 106 Å². The maximum Gasteiger partial charge on any atom is 0.133 e. The second-order valence-electron chi connectivity index (χ2n) is 12.5. The highest BCUT2D eigenvalue weighted by Crippen LogP contribution is 2.66. The number of fused-ring (bicyclic) bond motifs is 5. The van der Waals surface area contributed by atoms with Gasteiger partial charge in [-0.1, -0.05) is 66.0 Å². The van der Waals surface area contributed by atoms with Crippen molar-refractivity contribution in [2.45, 2.75) is 106 Å². The zero-order chi connectivity index (χ0) is 21.0. The van der Waals surface area contributed by atoms with Gasteiger partial charge in [-0.05, 0) is 90.8 Å². The quantitative estimate of drug-likeness (QED) is 0.431. The van der Waals surface area contributed by atoms with Gasteiger partial charge in [0.1, 0.15) is 5.78 Å². The molecule has 4 aliphatic carbocycles. The van der Waals surface area contributed by atoms with Crippen LogP contribution in [0.3, 0.4) is 0 Å². The minimum absolute atomic E-state index is 0.399. The number of rotatable bonds is 5. The van der Waals surface area contributed by atoms with E-state index in [1.165, 1.54) is 44.9 Å². The first-order chi connectivity index (χ1) is 13.7. The van der Waals surface area contributed by atoms with Gasteiger partial charge < -0.3 is 0 Å². The zero-order valence-corrected chi connectivity index (χ0v) is 20.1. The Hall–Kier alpha value is -0.590. The van der Waals surface area contributed by atoms with Crippen molar-refractivity contribution in [2.75, 3.05) is 0 Å². The third-order valence-corrected chi connectivity index (χ3v) is 10.9. The van der Waals surface area contributed by atoms with E-state index in [0.717, 1.165) is 54.8 Å². The molecule has 29 heavy (non-hydrogen) atoms. The number of Topliss-reactive ketones (excluding diaryl/α,β-unsaturated/α-hetero) is 1. The largest absolute Gasteiger partial charge is 0.300 e. The van der Waals surface area contributed by atoms with Gasteiger partial charge in [-0.2, -0.15) is 0 Å². The van der Waals surface area contributed by atoms with Crippen molar-refractivity contribution in [3.05, 3.63) is 11.6 Å². The number of carbonyl (C=O) groups excluding carboxylic acids is 1. The second-order valence-corrected chi connectivity index (χ2v) is 12.5. The Bertz CT molecular complexity index is 659. The number of hydrogen-bond donors (Lipinski definition) is 0. The third-order valence-electron chi connectivity index (χ3n) is 10.9. The minimum Gasteiger partial charge on any atom is -0.300 e. The summed E-state index contributed by atoms with van der Waals surface area (Å²) in [4.78, 5) is 12.1. The molecule has 0 aromatic carbocycles. The van der Waals surface area contributed by atoms with Gasteiger partial charge in [0, 0.05) is 12.8 Å². The van der Waals surface area contributed by atoms with Crippen molar-refractivity contribution in [1.29, 1.82) is 0 Å². The average molecular weight is 399 g/mol. The maximum absolute atomic E-state index is 12.1. The van der Waals surface area contributed by atoms with Gasteiger partial charge in [0.05, 0.1) is 0 Å². The van der Waals surface area contributed by atoms with Crippen LogP contribution >= 0.6 is 0 Å². The summed E-state index contributed by atoms with van der Waals surface area (Å²) in [5, 5.41) is 0. The van der Waals surface area contributed by atoms with E-state index in [0.29, 0.717) is 22.5 Å². The highest BCUT2D eigenvalue weighted by atomic mass is 16.1. The van der Waals surface area contributed by atoms with Crippen LogP contribution in [-0.4, -0.2) is 5.78 Å². The lowest BCUT2D eigenvalue weighted by atomic mass is 9.47. The fraction of sp³-hybridized carbons (Fsp3) is 0.893. The lowest BCUT2D eigenvalue weighted by molar-refractivity contribution is -0.127. The summed E-state index contributed by atoms with van der Waals surface area (Å²) < 4.78 is 0. The molecule has 0 bridgehead atoms. The van der Waals surface area contributed by atoms with Gasteiger partial charge in [0.2, 0.25) is 0 Å². The standard InChI is InChI=1S/C28H46O/c1-18(2)19(3)7-8-20(4)24-11-12-25-23-10-9-21-17-22(29)13-15-27(21,5)26(23)14-16-28(24,25)6/h10,18-21,24-26H,7-9,11-17H2,1-6H3/t19-,20+,21-,24-,25+,26+,27-,28+/m0/s1. The molecule has 0 radical (unpaired) electrons. The van der Waals surface area contributed by atoms with Crippen molar-refractivity contribution in [2.24, 2.45) is 52.3 Å². The van der Waals surface area contributed by atoms with Crippen molar-refractivity contribution in [3.8, 4) is 0 Å². The lowest BCUT2D eigenvalue weighted by Gasteiger charge is -2.57. The average Bonchev–Trinajstić information content (AvgIpc) is 3.03. The Kier molecular flexibility index (Phi) is 5.84. The Morgan fingerprint density at radius 3 is 2.41 bits per heavy atom. The summed E-state index contributed by atoms with van der Waals surface area (Å²) in [6.45, 7) is 15.0. The van der Waals surface area contributed by atoms with Crippen molar-refractivity contribution in [3.63, 3.8) is 0 Å². The van der Waals surface area contributed by atoms with Gasteiger partial charge >= 0.3 is 0 Å². The summed E-state index contributed by atoms with van der Waals surface area (Å²) >= 11 is 0. The zero-order valence-electron chi connectivity index (χ0n) is 20.1. The lowest BCUT2D eigenvalue weighted by Crippen LogP contribution is -2.49. The summed E-state index contributed by atoms with van der Waals surface area (Å²) in [7, 11) is 0. The number of hydrogen-bond acceptors (Lipinski definition) is 1. The summed E-state index contributed by atoms with van der Waals surface area (Å²) in [6.07, 6.45) is 15.1. The molecule has 1 heteroatoms. The minimum atomic E-state index is 0.399. The van der Waals surface area contributed by atoms with Crippen molar-refractivity contribution < 1.29 is 4.79 Å². The Morgan fingerprint density at radius 2 is 1.69 bits per heavy atom. The molecule has 3 fully saturated rings.